The van der Waals surface area contributed by atoms with E-state index in [1.165, 1.54) is 0 Å². The Bertz CT molecular complexity index is 317. The van der Waals surface area contributed by atoms with Gasteiger partial charge in [-0.2, -0.15) is 0 Å². The molecule has 1 saturated carbocycles. The Morgan fingerprint density at radius 1 is 1.59 bits per heavy atom. The number of hydrogen-bond acceptors (Lipinski definition) is 3. The van der Waals surface area contributed by atoms with Gasteiger partial charge in [-0.15, -0.1) is 6.58 Å². The van der Waals surface area contributed by atoms with E-state index in [0.717, 1.165) is 12.8 Å². The third-order valence-corrected chi connectivity index (χ3v) is 3.36. The number of carboxylic acids is 1. The first-order chi connectivity index (χ1) is 8.00. The lowest BCUT2D eigenvalue weighted by atomic mass is 9.85. The number of carbonyl (C=O) groups is 2. The van der Waals surface area contributed by atoms with Gasteiger partial charge in [-0.05, 0) is 19.8 Å². The number of rotatable bonds is 6. The van der Waals surface area contributed by atoms with Crippen LogP contribution in [-0.2, 0) is 9.59 Å². The Balaban J connectivity index is 2.47. The van der Waals surface area contributed by atoms with Crippen LogP contribution in [0.1, 0.15) is 26.2 Å². The smallest absolute Gasteiger partial charge is 0.311 e. The molecular formula is C12H20N2O3. The van der Waals surface area contributed by atoms with E-state index in [9.17, 15) is 14.7 Å². The molecule has 0 aromatic rings. The van der Waals surface area contributed by atoms with Crippen LogP contribution >= 0.6 is 0 Å². The summed E-state index contributed by atoms with van der Waals surface area (Å²) in [7, 11) is 0. The molecule has 0 aromatic heterocycles. The maximum Gasteiger partial charge on any atom is 0.311 e. The largest absolute Gasteiger partial charge is 0.481 e. The summed E-state index contributed by atoms with van der Waals surface area (Å²) in [6.07, 6.45) is 3.86. The molecule has 1 amide bonds. The van der Waals surface area contributed by atoms with Gasteiger partial charge in [-0.1, -0.05) is 12.5 Å². The van der Waals surface area contributed by atoms with Crippen LogP contribution in [0.5, 0.6) is 0 Å². The molecule has 17 heavy (non-hydrogen) atoms. The normalized spacial score (nSPS) is 27.7. The van der Waals surface area contributed by atoms with Gasteiger partial charge < -0.3 is 15.7 Å². The third-order valence-electron chi connectivity index (χ3n) is 3.36. The molecule has 3 N–H and O–H groups in total. The van der Waals surface area contributed by atoms with Gasteiger partial charge in [-0.3, -0.25) is 9.59 Å². The van der Waals surface area contributed by atoms with Gasteiger partial charge in [-0.25, -0.2) is 0 Å². The zero-order chi connectivity index (χ0) is 12.9. The maximum absolute atomic E-state index is 11.6. The summed E-state index contributed by atoms with van der Waals surface area (Å²) in [6.45, 7) is 5.99. The molecule has 0 aliphatic heterocycles. The Morgan fingerprint density at radius 3 is 2.88 bits per heavy atom. The van der Waals surface area contributed by atoms with Gasteiger partial charge in [0.2, 0.25) is 5.91 Å². The summed E-state index contributed by atoms with van der Waals surface area (Å²) in [5, 5.41) is 14.9. The van der Waals surface area contributed by atoms with E-state index in [1.54, 1.807) is 13.0 Å². The minimum absolute atomic E-state index is 0.161. The minimum atomic E-state index is -0.834. The highest BCUT2D eigenvalue weighted by molar-refractivity contribution is 5.81. The Hall–Kier alpha value is -1.36. The summed E-state index contributed by atoms with van der Waals surface area (Å²) in [5.74, 6) is -0.995. The summed E-state index contributed by atoms with van der Waals surface area (Å²) in [5.41, 5.74) is -0.825. The number of carbonyl (C=O) groups excluding carboxylic acids is 1. The van der Waals surface area contributed by atoms with Gasteiger partial charge in [0.1, 0.15) is 0 Å². The molecule has 0 radical (unpaired) electrons. The van der Waals surface area contributed by atoms with Gasteiger partial charge in [0.05, 0.1) is 12.0 Å². The van der Waals surface area contributed by atoms with Crippen molar-refractivity contribution in [1.82, 2.24) is 10.6 Å². The second kappa shape index (κ2) is 5.82. The quantitative estimate of drug-likeness (QED) is 0.467. The van der Waals surface area contributed by atoms with Crippen LogP contribution in [0.3, 0.4) is 0 Å². The highest BCUT2D eigenvalue weighted by atomic mass is 16.4. The molecule has 0 aromatic carbocycles. The highest BCUT2D eigenvalue weighted by Crippen LogP contribution is 2.38. The topological polar surface area (TPSA) is 78.4 Å². The molecule has 5 heteroatoms. The van der Waals surface area contributed by atoms with E-state index in [4.69, 9.17) is 0 Å². The van der Waals surface area contributed by atoms with Crippen LogP contribution in [0.2, 0.25) is 0 Å². The lowest BCUT2D eigenvalue weighted by Crippen LogP contribution is -2.49. The fraction of sp³-hybridized carbons (Fsp3) is 0.667. The van der Waals surface area contributed by atoms with Gasteiger partial charge >= 0.3 is 5.97 Å². The van der Waals surface area contributed by atoms with Crippen molar-refractivity contribution in [3.05, 3.63) is 12.7 Å². The molecule has 2 atom stereocenters. The monoisotopic (exact) mass is 240 g/mol. The van der Waals surface area contributed by atoms with Gasteiger partial charge in [0.25, 0.3) is 0 Å². The van der Waals surface area contributed by atoms with Crippen LogP contribution in [0, 0.1) is 5.41 Å². The van der Waals surface area contributed by atoms with Crippen molar-refractivity contribution in [1.29, 1.82) is 0 Å². The summed E-state index contributed by atoms with van der Waals surface area (Å²) in [4.78, 5) is 22.8. The molecule has 0 heterocycles. The Morgan fingerprint density at radius 2 is 2.29 bits per heavy atom. The first kappa shape index (κ1) is 13.7. The van der Waals surface area contributed by atoms with Gasteiger partial charge in [0, 0.05) is 12.6 Å². The number of hydrogen-bond donors (Lipinski definition) is 3. The fourth-order valence-corrected chi connectivity index (χ4v) is 2.19. The second-order valence-electron chi connectivity index (χ2n) is 4.65. The number of amides is 1. The maximum atomic E-state index is 11.6. The molecule has 0 bridgehead atoms. The first-order valence-electron chi connectivity index (χ1n) is 5.85. The molecular weight excluding hydrogens is 220 g/mol. The van der Waals surface area contributed by atoms with Crippen LogP contribution < -0.4 is 10.6 Å². The predicted octanol–water partition coefficient (Wildman–Crippen LogP) is 0.522. The van der Waals surface area contributed by atoms with E-state index in [1.807, 2.05) is 0 Å². The van der Waals surface area contributed by atoms with Crippen molar-refractivity contribution in [2.45, 2.75) is 32.2 Å². The first-order valence-corrected chi connectivity index (χ1v) is 5.85. The number of nitrogens with one attached hydrogen (secondary N) is 2. The van der Waals surface area contributed by atoms with Crippen LogP contribution in [-0.4, -0.2) is 36.1 Å². The number of carboxylic acid groups (broad SMARTS) is 1. The van der Waals surface area contributed by atoms with Crippen LogP contribution in [0.4, 0.5) is 0 Å². The SMILES string of the molecule is C=CCNCC(=O)NC1CCCC1(C)C(=O)O. The molecule has 0 saturated heterocycles. The summed E-state index contributed by atoms with van der Waals surface area (Å²) >= 11 is 0. The zero-order valence-corrected chi connectivity index (χ0v) is 10.2. The van der Waals surface area contributed by atoms with Gasteiger partial charge in [0.15, 0.2) is 0 Å². The van der Waals surface area contributed by atoms with E-state index in [-0.39, 0.29) is 18.5 Å². The zero-order valence-electron chi connectivity index (χ0n) is 10.2. The third kappa shape index (κ3) is 3.30. The molecule has 5 nitrogen and oxygen atoms in total. The van der Waals surface area contributed by atoms with Crippen LogP contribution in [0.15, 0.2) is 12.7 Å². The van der Waals surface area contributed by atoms with E-state index >= 15 is 0 Å². The highest BCUT2D eigenvalue weighted by Gasteiger charge is 2.45. The fourth-order valence-electron chi connectivity index (χ4n) is 2.19. The van der Waals surface area contributed by atoms with Crippen molar-refractivity contribution in [3.63, 3.8) is 0 Å². The molecule has 96 valence electrons. The molecule has 1 rings (SSSR count). The molecule has 0 spiro atoms. The Labute approximate surface area is 101 Å². The van der Waals surface area contributed by atoms with E-state index in [2.05, 4.69) is 17.2 Å². The molecule has 2 unspecified atom stereocenters. The molecule has 1 aliphatic carbocycles. The van der Waals surface area contributed by atoms with E-state index < -0.39 is 11.4 Å². The lowest BCUT2D eigenvalue weighted by Gasteiger charge is -2.27. The van der Waals surface area contributed by atoms with Crippen molar-refractivity contribution in [3.8, 4) is 0 Å². The molecule has 1 fully saturated rings. The standard InChI is InChI=1S/C12H20N2O3/c1-3-7-13-8-10(15)14-9-5-4-6-12(9,2)11(16)17/h3,9,13H,1,4-8H2,2H3,(H,14,15)(H,16,17). The minimum Gasteiger partial charge on any atom is -0.481 e. The van der Waals surface area contributed by atoms with Crippen molar-refractivity contribution in [2.24, 2.45) is 5.41 Å². The average Bonchev–Trinajstić information content (AvgIpc) is 2.62. The Kier molecular flexibility index (Phi) is 4.69. The van der Waals surface area contributed by atoms with Crippen molar-refractivity contribution >= 4 is 11.9 Å². The van der Waals surface area contributed by atoms with E-state index in [0.29, 0.717) is 13.0 Å². The molecule has 1 aliphatic rings. The van der Waals surface area contributed by atoms with Crippen molar-refractivity contribution in [2.75, 3.05) is 13.1 Å². The van der Waals surface area contributed by atoms with Crippen LogP contribution in [0.25, 0.3) is 0 Å². The van der Waals surface area contributed by atoms with Crippen molar-refractivity contribution < 1.29 is 14.7 Å². The summed E-state index contributed by atoms with van der Waals surface area (Å²) < 4.78 is 0. The summed E-state index contributed by atoms with van der Waals surface area (Å²) in [6, 6.07) is -0.266. The lowest BCUT2D eigenvalue weighted by molar-refractivity contribution is -0.149. The predicted molar refractivity (Wildman–Crippen MR) is 64.6 cm³/mol. The average molecular weight is 240 g/mol. The number of aliphatic carboxylic acids is 1. The second-order valence-corrected chi connectivity index (χ2v) is 4.65.